The van der Waals surface area contributed by atoms with Crippen LogP contribution in [-0.4, -0.2) is 14.9 Å². The van der Waals surface area contributed by atoms with Crippen LogP contribution in [0.25, 0.3) is 5.69 Å². The molecule has 0 saturated heterocycles. The standard InChI is InChI=1S/C12H13N3O/c13-11-5-4-8-7-15(14-12(8)11)9-2-1-3-10(16)6-9/h1-3,6-7,11,16H,4-5,13H2. The van der Waals surface area contributed by atoms with Crippen LogP contribution in [0, 0.1) is 0 Å². The summed E-state index contributed by atoms with van der Waals surface area (Å²) in [5.74, 6) is 0.248. The van der Waals surface area contributed by atoms with Crippen LogP contribution in [0.15, 0.2) is 30.5 Å². The van der Waals surface area contributed by atoms with Crippen LogP contribution in [0.5, 0.6) is 5.75 Å². The Labute approximate surface area is 93.3 Å². The van der Waals surface area contributed by atoms with E-state index in [0.717, 1.165) is 24.2 Å². The summed E-state index contributed by atoms with van der Waals surface area (Å²) in [7, 11) is 0. The van der Waals surface area contributed by atoms with Gasteiger partial charge in [-0.25, -0.2) is 4.68 Å². The number of fused-ring (bicyclic) bond motifs is 1. The molecule has 0 aliphatic heterocycles. The van der Waals surface area contributed by atoms with Gasteiger partial charge < -0.3 is 10.8 Å². The van der Waals surface area contributed by atoms with E-state index in [1.807, 2.05) is 12.3 Å². The van der Waals surface area contributed by atoms with Gasteiger partial charge in [0.1, 0.15) is 5.75 Å². The smallest absolute Gasteiger partial charge is 0.117 e. The predicted molar refractivity (Wildman–Crippen MR) is 60.5 cm³/mol. The fourth-order valence-electron chi connectivity index (χ4n) is 2.14. The fourth-order valence-corrected chi connectivity index (χ4v) is 2.14. The van der Waals surface area contributed by atoms with Gasteiger partial charge in [-0.1, -0.05) is 6.07 Å². The molecule has 4 heteroatoms. The fraction of sp³-hybridized carbons (Fsp3) is 0.250. The molecule has 0 saturated carbocycles. The normalized spacial score (nSPS) is 18.7. The Kier molecular flexibility index (Phi) is 1.97. The van der Waals surface area contributed by atoms with Gasteiger partial charge in [0.2, 0.25) is 0 Å². The Morgan fingerprint density at radius 1 is 1.44 bits per heavy atom. The lowest BCUT2D eigenvalue weighted by Crippen LogP contribution is -2.08. The van der Waals surface area contributed by atoms with Gasteiger partial charge >= 0.3 is 0 Å². The first-order chi connectivity index (χ1) is 7.74. The largest absolute Gasteiger partial charge is 0.508 e. The summed E-state index contributed by atoms with van der Waals surface area (Å²) >= 11 is 0. The highest BCUT2D eigenvalue weighted by Gasteiger charge is 2.23. The molecule has 1 aromatic heterocycles. The minimum Gasteiger partial charge on any atom is -0.508 e. The second-order valence-electron chi connectivity index (χ2n) is 4.15. The van der Waals surface area contributed by atoms with Crippen molar-refractivity contribution in [1.29, 1.82) is 0 Å². The summed E-state index contributed by atoms with van der Waals surface area (Å²) in [4.78, 5) is 0. The first kappa shape index (κ1) is 9.42. The molecule has 1 aromatic carbocycles. The Morgan fingerprint density at radius 2 is 2.31 bits per heavy atom. The monoisotopic (exact) mass is 215 g/mol. The van der Waals surface area contributed by atoms with Gasteiger partial charge in [-0.15, -0.1) is 0 Å². The van der Waals surface area contributed by atoms with Crippen molar-refractivity contribution in [2.45, 2.75) is 18.9 Å². The Balaban J connectivity index is 2.05. The third-order valence-corrected chi connectivity index (χ3v) is 2.99. The number of hydrogen-bond donors (Lipinski definition) is 2. The molecule has 0 amide bonds. The van der Waals surface area contributed by atoms with Gasteiger partial charge in [-0.05, 0) is 30.5 Å². The maximum absolute atomic E-state index is 9.41. The SMILES string of the molecule is NC1CCc2cn(-c3cccc(O)c3)nc21. The molecule has 16 heavy (non-hydrogen) atoms. The average molecular weight is 215 g/mol. The Bertz CT molecular complexity index is 533. The Morgan fingerprint density at radius 3 is 3.06 bits per heavy atom. The number of aromatic nitrogens is 2. The van der Waals surface area contributed by atoms with Crippen LogP contribution in [0.4, 0.5) is 0 Å². The van der Waals surface area contributed by atoms with Gasteiger partial charge in [0.05, 0.1) is 11.4 Å². The number of phenolic OH excluding ortho intramolecular Hbond substituents is 1. The topological polar surface area (TPSA) is 64.1 Å². The number of nitrogens with zero attached hydrogens (tertiary/aromatic N) is 2. The molecule has 1 aliphatic rings. The molecule has 4 nitrogen and oxygen atoms in total. The second kappa shape index (κ2) is 3.35. The minimum atomic E-state index is 0.0635. The first-order valence-corrected chi connectivity index (χ1v) is 5.37. The quantitative estimate of drug-likeness (QED) is 0.758. The summed E-state index contributed by atoms with van der Waals surface area (Å²) in [5.41, 5.74) is 9.01. The molecule has 1 aliphatic carbocycles. The molecule has 0 spiro atoms. The second-order valence-corrected chi connectivity index (χ2v) is 4.15. The van der Waals surface area contributed by atoms with Gasteiger partial charge in [0, 0.05) is 18.3 Å². The molecule has 0 radical (unpaired) electrons. The maximum Gasteiger partial charge on any atom is 0.117 e. The number of aromatic hydroxyl groups is 1. The van der Waals surface area contributed by atoms with Gasteiger partial charge in [0.15, 0.2) is 0 Å². The van der Waals surface area contributed by atoms with Crippen molar-refractivity contribution in [3.63, 3.8) is 0 Å². The van der Waals surface area contributed by atoms with Crippen molar-refractivity contribution >= 4 is 0 Å². The third kappa shape index (κ3) is 1.39. The maximum atomic E-state index is 9.41. The molecule has 0 fully saturated rings. The number of phenols is 1. The highest BCUT2D eigenvalue weighted by atomic mass is 16.3. The molecule has 3 N–H and O–H groups in total. The molecule has 1 heterocycles. The molecule has 1 unspecified atom stereocenters. The predicted octanol–water partition coefficient (Wildman–Crippen LogP) is 1.52. The van der Waals surface area contributed by atoms with Crippen LogP contribution < -0.4 is 5.73 Å². The van der Waals surface area contributed by atoms with Crippen molar-refractivity contribution < 1.29 is 5.11 Å². The molecule has 1 atom stereocenters. The van der Waals surface area contributed by atoms with Gasteiger partial charge in [0.25, 0.3) is 0 Å². The van der Waals surface area contributed by atoms with Crippen molar-refractivity contribution in [3.8, 4) is 11.4 Å². The van der Waals surface area contributed by atoms with Crippen LogP contribution in [-0.2, 0) is 6.42 Å². The lowest BCUT2D eigenvalue weighted by atomic mass is 10.3. The first-order valence-electron chi connectivity index (χ1n) is 5.37. The van der Waals surface area contributed by atoms with E-state index in [0.29, 0.717) is 0 Å². The lowest BCUT2D eigenvalue weighted by Gasteiger charge is -2.03. The van der Waals surface area contributed by atoms with Crippen LogP contribution >= 0.6 is 0 Å². The molecular formula is C12H13N3O. The Hall–Kier alpha value is -1.81. The summed E-state index contributed by atoms with van der Waals surface area (Å²) in [6, 6.07) is 7.11. The summed E-state index contributed by atoms with van der Waals surface area (Å²) in [6.07, 6.45) is 3.98. The van der Waals surface area contributed by atoms with Crippen LogP contribution in [0.3, 0.4) is 0 Å². The molecule has 0 bridgehead atoms. The highest BCUT2D eigenvalue weighted by molar-refractivity contribution is 5.39. The van der Waals surface area contributed by atoms with E-state index < -0.39 is 0 Å². The average Bonchev–Trinajstić information content (AvgIpc) is 2.81. The molecule has 82 valence electrons. The van der Waals surface area contributed by atoms with E-state index in [2.05, 4.69) is 5.10 Å². The van der Waals surface area contributed by atoms with Crippen LogP contribution in [0.1, 0.15) is 23.7 Å². The van der Waals surface area contributed by atoms with Gasteiger partial charge in [-0.2, -0.15) is 5.10 Å². The number of aryl methyl sites for hydroxylation is 1. The van der Waals surface area contributed by atoms with Crippen molar-refractivity contribution in [1.82, 2.24) is 9.78 Å². The number of rotatable bonds is 1. The van der Waals surface area contributed by atoms with Crippen LogP contribution in [0.2, 0.25) is 0 Å². The number of benzene rings is 1. The molecule has 3 rings (SSSR count). The van der Waals surface area contributed by atoms with E-state index in [9.17, 15) is 5.11 Å². The van der Waals surface area contributed by atoms with E-state index >= 15 is 0 Å². The lowest BCUT2D eigenvalue weighted by molar-refractivity contribution is 0.474. The zero-order valence-corrected chi connectivity index (χ0v) is 8.80. The number of nitrogens with two attached hydrogens (primary N) is 1. The number of hydrogen-bond acceptors (Lipinski definition) is 3. The summed E-state index contributed by atoms with van der Waals surface area (Å²) < 4.78 is 1.78. The third-order valence-electron chi connectivity index (χ3n) is 2.99. The molecule has 2 aromatic rings. The highest BCUT2D eigenvalue weighted by Crippen LogP contribution is 2.28. The minimum absolute atomic E-state index is 0.0635. The zero-order valence-electron chi connectivity index (χ0n) is 8.80. The molecular weight excluding hydrogens is 202 g/mol. The van der Waals surface area contributed by atoms with E-state index in [1.165, 1.54) is 5.56 Å². The summed E-state index contributed by atoms with van der Waals surface area (Å²) in [6.45, 7) is 0. The van der Waals surface area contributed by atoms with Crippen molar-refractivity contribution in [2.75, 3.05) is 0 Å². The summed E-state index contributed by atoms with van der Waals surface area (Å²) in [5, 5.41) is 13.9. The van der Waals surface area contributed by atoms with Crippen molar-refractivity contribution in [2.24, 2.45) is 5.73 Å². The van der Waals surface area contributed by atoms with Crippen molar-refractivity contribution in [3.05, 3.63) is 41.7 Å². The van der Waals surface area contributed by atoms with E-state index in [4.69, 9.17) is 5.73 Å². The van der Waals surface area contributed by atoms with Gasteiger partial charge in [-0.3, -0.25) is 0 Å². The van der Waals surface area contributed by atoms with E-state index in [-0.39, 0.29) is 11.8 Å². The zero-order chi connectivity index (χ0) is 11.1. The van der Waals surface area contributed by atoms with E-state index in [1.54, 1.807) is 22.9 Å².